The fourth-order valence-corrected chi connectivity index (χ4v) is 2.71. The average Bonchev–Trinajstić information content (AvgIpc) is 2.55. The number of benzene rings is 1. The molecule has 0 unspecified atom stereocenters. The quantitative estimate of drug-likeness (QED) is 0.906. The van der Waals surface area contributed by atoms with Crippen molar-refractivity contribution >= 4 is 17.3 Å². The highest BCUT2D eigenvalue weighted by atomic mass is 19.4. The van der Waals surface area contributed by atoms with Crippen LogP contribution >= 0.6 is 0 Å². The summed E-state index contributed by atoms with van der Waals surface area (Å²) < 4.78 is 45.5. The second kappa shape index (κ2) is 6.19. The van der Waals surface area contributed by atoms with Crippen LogP contribution in [0.25, 0.3) is 0 Å². The first-order chi connectivity index (χ1) is 10.9. The largest absolute Gasteiger partial charge is 0.418 e. The van der Waals surface area contributed by atoms with Crippen molar-refractivity contribution in [3.8, 4) is 0 Å². The molecule has 0 saturated carbocycles. The van der Waals surface area contributed by atoms with E-state index in [2.05, 4.69) is 10.5 Å². The standard InChI is InChI=1S/C15H16F3N3O2/c16-15(17,18)11-9-10(12-2-4-14(22)20-19-12)1-3-13(11)21-5-7-23-8-6-21/h1,3,9H,2,4-8H2,(H,20,22). The number of halogens is 3. The summed E-state index contributed by atoms with van der Waals surface area (Å²) in [6, 6.07) is 4.21. The maximum absolute atomic E-state index is 13.4. The fourth-order valence-electron chi connectivity index (χ4n) is 2.71. The Morgan fingerprint density at radius 1 is 1.17 bits per heavy atom. The molecule has 0 radical (unpaired) electrons. The maximum Gasteiger partial charge on any atom is 0.418 e. The van der Waals surface area contributed by atoms with Gasteiger partial charge in [-0.15, -0.1) is 0 Å². The minimum Gasteiger partial charge on any atom is -0.378 e. The SMILES string of the molecule is O=C1CCC(c2ccc(N3CCOCC3)c(C(F)(F)F)c2)=NN1. The Kier molecular flexibility index (Phi) is 4.25. The van der Waals surface area contributed by atoms with Crippen molar-refractivity contribution in [1.82, 2.24) is 5.43 Å². The molecule has 1 saturated heterocycles. The summed E-state index contributed by atoms with van der Waals surface area (Å²) in [4.78, 5) is 12.8. The number of carbonyl (C=O) groups excluding carboxylic acids is 1. The first-order valence-electron chi connectivity index (χ1n) is 7.35. The van der Waals surface area contributed by atoms with Crippen molar-refractivity contribution in [2.75, 3.05) is 31.2 Å². The molecule has 1 amide bonds. The molecule has 2 aliphatic heterocycles. The molecule has 1 aromatic rings. The molecule has 1 fully saturated rings. The van der Waals surface area contributed by atoms with Gasteiger partial charge < -0.3 is 9.64 Å². The molecule has 0 bridgehead atoms. The zero-order valence-electron chi connectivity index (χ0n) is 12.3. The maximum atomic E-state index is 13.4. The Labute approximate surface area is 131 Å². The predicted octanol–water partition coefficient (Wildman–Crippen LogP) is 2.16. The van der Waals surface area contributed by atoms with Crippen LogP contribution in [0.4, 0.5) is 18.9 Å². The topological polar surface area (TPSA) is 53.9 Å². The van der Waals surface area contributed by atoms with Gasteiger partial charge >= 0.3 is 6.18 Å². The first-order valence-corrected chi connectivity index (χ1v) is 7.35. The summed E-state index contributed by atoms with van der Waals surface area (Å²) in [5, 5.41) is 3.86. The van der Waals surface area contributed by atoms with Crippen LogP contribution in [0.2, 0.25) is 0 Å². The van der Waals surface area contributed by atoms with Crippen molar-refractivity contribution in [2.45, 2.75) is 19.0 Å². The van der Waals surface area contributed by atoms with Crippen LogP contribution in [-0.4, -0.2) is 37.9 Å². The van der Waals surface area contributed by atoms with Crippen LogP contribution in [-0.2, 0) is 15.7 Å². The molecule has 2 heterocycles. The van der Waals surface area contributed by atoms with Gasteiger partial charge in [0.1, 0.15) is 0 Å². The molecule has 1 N–H and O–H groups in total. The fraction of sp³-hybridized carbons (Fsp3) is 0.467. The van der Waals surface area contributed by atoms with E-state index in [1.807, 2.05) is 0 Å². The van der Waals surface area contributed by atoms with E-state index in [0.717, 1.165) is 6.07 Å². The van der Waals surface area contributed by atoms with Gasteiger partial charge in [-0.2, -0.15) is 18.3 Å². The van der Waals surface area contributed by atoms with E-state index in [1.165, 1.54) is 6.07 Å². The Morgan fingerprint density at radius 3 is 2.52 bits per heavy atom. The molecule has 5 nitrogen and oxygen atoms in total. The smallest absolute Gasteiger partial charge is 0.378 e. The summed E-state index contributed by atoms with van der Waals surface area (Å²) in [7, 11) is 0. The van der Waals surface area contributed by atoms with Gasteiger partial charge in [0.25, 0.3) is 0 Å². The van der Waals surface area contributed by atoms with Crippen LogP contribution in [0.3, 0.4) is 0 Å². The predicted molar refractivity (Wildman–Crippen MR) is 78.4 cm³/mol. The lowest BCUT2D eigenvalue weighted by Gasteiger charge is -2.31. The van der Waals surface area contributed by atoms with E-state index >= 15 is 0 Å². The van der Waals surface area contributed by atoms with Crippen molar-refractivity contribution in [3.63, 3.8) is 0 Å². The number of hydrazone groups is 1. The van der Waals surface area contributed by atoms with Crippen molar-refractivity contribution < 1.29 is 22.7 Å². The van der Waals surface area contributed by atoms with E-state index < -0.39 is 11.7 Å². The number of amides is 1. The molecule has 0 aliphatic carbocycles. The molecule has 8 heteroatoms. The molecule has 0 aromatic heterocycles. The van der Waals surface area contributed by atoms with Crippen LogP contribution in [0.5, 0.6) is 0 Å². The van der Waals surface area contributed by atoms with Gasteiger partial charge in [-0.1, -0.05) is 6.07 Å². The Hall–Kier alpha value is -2.09. The molecular formula is C15H16F3N3O2. The lowest BCUT2D eigenvalue weighted by molar-refractivity contribution is -0.137. The summed E-state index contributed by atoms with van der Waals surface area (Å²) in [6.45, 7) is 1.69. The highest BCUT2D eigenvalue weighted by molar-refractivity contribution is 6.04. The molecule has 0 atom stereocenters. The summed E-state index contributed by atoms with van der Waals surface area (Å²) in [5.74, 6) is -0.227. The molecule has 3 rings (SSSR count). The van der Waals surface area contributed by atoms with Crippen LogP contribution < -0.4 is 10.3 Å². The number of anilines is 1. The Balaban J connectivity index is 1.97. The van der Waals surface area contributed by atoms with Gasteiger partial charge in [-0.3, -0.25) is 4.79 Å². The number of alkyl halides is 3. The van der Waals surface area contributed by atoms with Gasteiger partial charge in [0.2, 0.25) is 5.91 Å². The van der Waals surface area contributed by atoms with Crippen LogP contribution in [0.1, 0.15) is 24.0 Å². The molecule has 2 aliphatic rings. The highest BCUT2D eigenvalue weighted by Crippen LogP contribution is 2.38. The monoisotopic (exact) mass is 327 g/mol. The third-order valence-electron chi connectivity index (χ3n) is 3.89. The van der Waals surface area contributed by atoms with E-state index in [-0.39, 0.29) is 18.0 Å². The number of nitrogens with one attached hydrogen (secondary N) is 1. The summed E-state index contributed by atoms with van der Waals surface area (Å²) in [6.07, 6.45) is -3.90. The van der Waals surface area contributed by atoms with E-state index in [4.69, 9.17) is 4.74 Å². The lowest BCUT2D eigenvalue weighted by atomic mass is 10.00. The molecule has 1 aromatic carbocycles. The normalized spacial score (nSPS) is 19.3. The minimum atomic E-state index is -4.46. The van der Waals surface area contributed by atoms with E-state index in [1.54, 1.807) is 11.0 Å². The molecule has 0 spiro atoms. The number of ether oxygens (including phenoxy) is 1. The number of hydrogen-bond donors (Lipinski definition) is 1. The summed E-state index contributed by atoms with van der Waals surface area (Å²) in [5.41, 5.74) is 2.63. The van der Waals surface area contributed by atoms with E-state index in [9.17, 15) is 18.0 Å². The van der Waals surface area contributed by atoms with Crippen molar-refractivity contribution in [2.24, 2.45) is 5.10 Å². The van der Waals surface area contributed by atoms with Gasteiger partial charge in [0, 0.05) is 31.6 Å². The highest BCUT2D eigenvalue weighted by Gasteiger charge is 2.36. The van der Waals surface area contributed by atoms with Crippen LogP contribution in [0.15, 0.2) is 23.3 Å². The van der Waals surface area contributed by atoms with Gasteiger partial charge in [0.15, 0.2) is 0 Å². The number of morpholine rings is 1. The van der Waals surface area contributed by atoms with Crippen molar-refractivity contribution in [3.05, 3.63) is 29.3 Å². The van der Waals surface area contributed by atoms with Crippen LogP contribution in [0, 0.1) is 0 Å². The van der Waals surface area contributed by atoms with Gasteiger partial charge in [-0.25, -0.2) is 5.43 Å². The Bertz CT molecular complexity index is 637. The van der Waals surface area contributed by atoms with Gasteiger partial charge in [0.05, 0.1) is 24.5 Å². The lowest BCUT2D eigenvalue weighted by Crippen LogP contribution is -2.37. The second-order valence-corrected chi connectivity index (χ2v) is 5.42. The number of hydrogen-bond acceptors (Lipinski definition) is 4. The summed E-state index contributed by atoms with van der Waals surface area (Å²) >= 11 is 0. The third-order valence-corrected chi connectivity index (χ3v) is 3.89. The number of carbonyl (C=O) groups is 1. The molecule has 124 valence electrons. The molecular weight excluding hydrogens is 311 g/mol. The Morgan fingerprint density at radius 2 is 1.91 bits per heavy atom. The molecule has 23 heavy (non-hydrogen) atoms. The second-order valence-electron chi connectivity index (χ2n) is 5.42. The number of rotatable bonds is 2. The zero-order chi connectivity index (χ0) is 16.4. The third kappa shape index (κ3) is 3.47. The average molecular weight is 327 g/mol. The zero-order valence-corrected chi connectivity index (χ0v) is 12.3. The van der Waals surface area contributed by atoms with Gasteiger partial charge in [-0.05, 0) is 17.7 Å². The van der Waals surface area contributed by atoms with Crippen molar-refractivity contribution in [1.29, 1.82) is 0 Å². The van der Waals surface area contributed by atoms with E-state index in [0.29, 0.717) is 44.0 Å². The minimum absolute atomic E-state index is 0.157. The number of nitrogens with zero attached hydrogens (tertiary/aromatic N) is 2. The first kappa shape index (κ1) is 15.8.